The maximum atomic E-state index is 12.4. The number of fused-ring (bicyclic) bond motifs is 1. The molecule has 2 aromatic rings. The van der Waals surface area contributed by atoms with Crippen LogP contribution in [-0.2, 0) is 0 Å². The molecule has 0 saturated heterocycles. The van der Waals surface area contributed by atoms with E-state index in [1.165, 1.54) is 30.6 Å². The zero-order valence-electron chi connectivity index (χ0n) is 12.6. The molecule has 6 nitrogen and oxygen atoms in total. The van der Waals surface area contributed by atoms with E-state index in [4.69, 9.17) is 9.47 Å². The number of hydrogen-bond acceptors (Lipinski definition) is 6. The minimum absolute atomic E-state index is 0.211. The van der Waals surface area contributed by atoms with Gasteiger partial charge in [0.05, 0.1) is 13.2 Å². The Morgan fingerprint density at radius 3 is 2.74 bits per heavy atom. The Bertz CT molecular complexity index is 727. The summed E-state index contributed by atoms with van der Waals surface area (Å²) in [6, 6.07) is 5.22. The molecule has 0 radical (unpaired) electrons. The van der Waals surface area contributed by atoms with Gasteiger partial charge in [-0.3, -0.25) is 10.1 Å². The second-order valence-electron chi connectivity index (χ2n) is 5.74. The summed E-state index contributed by atoms with van der Waals surface area (Å²) >= 11 is 1.46. The summed E-state index contributed by atoms with van der Waals surface area (Å²) in [6.07, 6.45) is 4.43. The Balaban J connectivity index is 1.48. The van der Waals surface area contributed by atoms with Gasteiger partial charge in [0, 0.05) is 17.9 Å². The fraction of sp³-hybridized carbons (Fsp3) is 0.438. The van der Waals surface area contributed by atoms with Crippen molar-refractivity contribution in [2.45, 2.75) is 31.6 Å². The highest BCUT2D eigenvalue weighted by Gasteiger charge is 2.24. The molecule has 1 aliphatic carbocycles. The molecule has 2 heterocycles. The molecule has 0 unspecified atom stereocenters. The van der Waals surface area contributed by atoms with Gasteiger partial charge in [-0.05, 0) is 31.0 Å². The molecule has 1 aromatic heterocycles. The molecule has 1 amide bonds. The van der Waals surface area contributed by atoms with Crippen molar-refractivity contribution in [3.8, 4) is 11.5 Å². The van der Waals surface area contributed by atoms with Crippen LogP contribution in [0.25, 0.3) is 0 Å². The van der Waals surface area contributed by atoms with E-state index < -0.39 is 0 Å². The lowest BCUT2D eigenvalue weighted by atomic mass is 9.86. The third-order valence-corrected chi connectivity index (χ3v) is 5.13. The third kappa shape index (κ3) is 3.01. The van der Waals surface area contributed by atoms with Gasteiger partial charge < -0.3 is 9.47 Å². The Labute approximate surface area is 137 Å². The van der Waals surface area contributed by atoms with Crippen molar-refractivity contribution in [2.75, 3.05) is 18.5 Å². The van der Waals surface area contributed by atoms with Gasteiger partial charge >= 0.3 is 0 Å². The van der Waals surface area contributed by atoms with Crippen molar-refractivity contribution in [1.82, 2.24) is 10.2 Å². The number of ether oxygens (including phenoxy) is 2. The minimum Gasteiger partial charge on any atom is -0.490 e. The van der Waals surface area contributed by atoms with Crippen molar-refractivity contribution < 1.29 is 14.3 Å². The molecular formula is C16H17N3O3S. The van der Waals surface area contributed by atoms with Crippen LogP contribution in [0.1, 0.15) is 47.0 Å². The molecule has 2 aliphatic rings. The van der Waals surface area contributed by atoms with Crippen LogP contribution in [0.4, 0.5) is 5.13 Å². The fourth-order valence-corrected chi connectivity index (χ4v) is 3.49. The average molecular weight is 331 g/mol. The molecule has 7 heteroatoms. The van der Waals surface area contributed by atoms with Crippen LogP contribution in [0.5, 0.6) is 11.5 Å². The number of rotatable bonds is 3. The lowest BCUT2D eigenvalue weighted by molar-refractivity contribution is 0.102. The number of carbonyl (C=O) groups excluding carboxylic acids is 1. The summed E-state index contributed by atoms with van der Waals surface area (Å²) in [5.74, 6) is 1.61. The first-order chi connectivity index (χ1) is 11.3. The van der Waals surface area contributed by atoms with E-state index in [0.29, 0.717) is 41.3 Å². The van der Waals surface area contributed by atoms with E-state index in [9.17, 15) is 4.79 Å². The summed E-state index contributed by atoms with van der Waals surface area (Å²) in [6.45, 7) is 1.23. The predicted molar refractivity (Wildman–Crippen MR) is 86.5 cm³/mol. The van der Waals surface area contributed by atoms with Gasteiger partial charge in [0.2, 0.25) is 5.13 Å². The summed E-state index contributed by atoms with van der Waals surface area (Å²) in [7, 11) is 0. The number of nitrogens with one attached hydrogen (secondary N) is 1. The summed E-state index contributed by atoms with van der Waals surface area (Å²) in [4.78, 5) is 12.4. The SMILES string of the molecule is O=C(Nc1nnc(C2CCC2)s1)c1ccc2c(c1)OCCCO2. The monoisotopic (exact) mass is 331 g/mol. The van der Waals surface area contributed by atoms with Crippen LogP contribution >= 0.6 is 11.3 Å². The maximum absolute atomic E-state index is 12.4. The van der Waals surface area contributed by atoms with Crippen molar-refractivity contribution >= 4 is 22.4 Å². The van der Waals surface area contributed by atoms with Gasteiger partial charge in [0.25, 0.3) is 5.91 Å². The molecule has 23 heavy (non-hydrogen) atoms. The second kappa shape index (κ2) is 6.16. The number of hydrogen-bond donors (Lipinski definition) is 1. The first-order valence-electron chi connectivity index (χ1n) is 7.84. The topological polar surface area (TPSA) is 73.3 Å². The van der Waals surface area contributed by atoms with Crippen molar-refractivity contribution in [1.29, 1.82) is 0 Å². The smallest absolute Gasteiger partial charge is 0.257 e. The van der Waals surface area contributed by atoms with E-state index in [2.05, 4.69) is 15.5 Å². The maximum Gasteiger partial charge on any atom is 0.257 e. The molecule has 1 fully saturated rings. The van der Waals surface area contributed by atoms with Gasteiger partial charge in [-0.2, -0.15) is 0 Å². The molecule has 4 rings (SSSR count). The van der Waals surface area contributed by atoms with Crippen molar-refractivity contribution in [3.63, 3.8) is 0 Å². The number of benzene rings is 1. The molecule has 1 aliphatic heterocycles. The molecule has 1 aromatic carbocycles. The van der Waals surface area contributed by atoms with Gasteiger partial charge in [-0.25, -0.2) is 0 Å². The van der Waals surface area contributed by atoms with E-state index in [0.717, 1.165) is 11.4 Å². The molecule has 0 spiro atoms. The zero-order chi connectivity index (χ0) is 15.6. The molecular weight excluding hydrogens is 314 g/mol. The standard InChI is InChI=1S/C16H17N3O3S/c20-14(17-16-19-18-15(23-16)10-3-1-4-10)11-5-6-12-13(9-11)22-8-2-7-21-12/h5-6,9-10H,1-4,7-8H2,(H,17,19,20). The largest absolute Gasteiger partial charge is 0.490 e. The Kier molecular flexibility index (Phi) is 3.87. The van der Waals surface area contributed by atoms with Gasteiger partial charge in [0.1, 0.15) is 5.01 Å². The summed E-state index contributed by atoms with van der Waals surface area (Å²) in [5.41, 5.74) is 0.523. The van der Waals surface area contributed by atoms with Crippen LogP contribution in [0.2, 0.25) is 0 Å². The lowest BCUT2D eigenvalue weighted by Gasteiger charge is -2.21. The second-order valence-corrected chi connectivity index (χ2v) is 6.75. The van der Waals surface area contributed by atoms with Gasteiger partial charge in [-0.1, -0.05) is 17.8 Å². The highest BCUT2D eigenvalue weighted by atomic mass is 32.1. The van der Waals surface area contributed by atoms with Crippen molar-refractivity contribution in [2.24, 2.45) is 0 Å². The van der Waals surface area contributed by atoms with E-state index in [1.54, 1.807) is 18.2 Å². The Hall–Kier alpha value is -2.15. The van der Waals surface area contributed by atoms with Crippen LogP contribution in [0, 0.1) is 0 Å². The average Bonchev–Trinajstić information content (AvgIpc) is 2.81. The predicted octanol–water partition coefficient (Wildman–Crippen LogP) is 3.22. The Morgan fingerprint density at radius 2 is 1.96 bits per heavy atom. The van der Waals surface area contributed by atoms with E-state index in [-0.39, 0.29) is 5.91 Å². The molecule has 0 bridgehead atoms. The molecule has 1 N–H and O–H groups in total. The third-order valence-electron chi connectivity index (χ3n) is 4.13. The number of anilines is 1. The highest BCUT2D eigenvalue weighted by Crippen LogP contribution is 2.38. The van der Waals surface area contributed by atoms with Crippen LogP contribution in [0.15, 0.2) is 18.2 Å². The van der Waals surface area contributed by atoms with E-state index in [1.807, 2.05) is 0 Å². The summed E-state index contributed by atoms with van der Waals surface area (Å²) in [5, 5.41) is 12.6. The lowest BCUT2D eigenvalue weighted by Crippen LogP contribution is -2.12. The first kappa shape index (κ1) is 14.4. The number of nitrogens with zero attached hydrogens (tertiary/aromatic N) is 2. The van der Waals surface area contributed by atoms with Crippen LogP contribution < -0.4 is 14.8 Å². The number of aromatic nitrogens is 2. The number of carbonyl (C=O) groups is 1. The molecule has 0 atom stereocenters. The van der Waals surface area contributed by atoms with Crippen LogP contribution in [-0.4, -0.2) is 29.3 Å². The number of amides is 1. The zero-order valence-corrected chi connectivity index (χ0v) is 13.4. The van der Waals surface area contributed by atoms with Crippen LogP contribution in [0.3, 0.4) is 0 Å². The Morgan fingerprint density at radius 1 is 1.13 bits per heavy atom. The quantitative estimate of drug-likeness (QED) is 0.935. The normalized spacial score (nSPS) is 17.2. The van der Waals surface area contributed by atoms with Gasteiger partial charge in [0.15, 0.2) is 11.5 Å². The van der Waals surface area contributed by atoms with Gasteiger partial charge in [-0.15, -0.1) is 10.2 Å². The first-order valence-corrected chi connectivity index (χ1v) is 8.65. The highest BCUT2D eigenvalue weighted by molar-refractivity contribution is 7.15. The molecule has 120 valence electrons. The molecule has 1 saturated carbocycles. The van der Waals surface area contributed by atoms with E-state index >= 15 is 0 Å². The van der Waals surface area contributed by atoms with Crippen molar-refractivity contribution in [3.05, 3.63) is 28.8 Å². The summed E-state index contributed by atoms with van der Waals surface area (Å²) < 4.78 is 11.2. The fourth-order valence-electron chi connectivity index (χ4n) is 2.58. The minimum atomic E-state index is -0.211.